The molecule has 6 heteroatoms. The van der Waals surface area contributed by atoms with Gasteiger partial charge in [-0.3, -0.25) is 9.89 Å². The van der Waals surface area contributed by atoms with Gasteiger partial charge < -0.3 is 15.4 Å². The number of guanidine groups is 1. The van der Waals surface area contributed by atoms with Gasteiger partial charge in [-0.15, -0.1) is 0 Å². The molecule has 0 unspecified atom stereocenters. The fraction of sp³-hybridized carbons (Fsp3) is 0.933. The summed E-state index contributed by atoms with van der Waals surface area (Å²) in [6.07, 6.45) is 3.27. The third-order valence-corrected chi connectivity index (χ3v) is 4.80. The lowest BCUT2D eigenvalue weighted by atomic mass is 10.2. The fourth-order valence-electron chi connectivity index (χ4n) is 2.01. The Morgan fingerprint density at radius 2 is 2.00 bits per heavy atom. The number of aliphatic imine (C=N–C) groups is 1. The normalized spacial score (nSPS) is 17.8. The van der Waals surface area contributed by atoms with Crippen LogP contribution in [0.5, 0.6) is 0 Å². The molecule has 5 nitrogen and oxygen atoms in total. The van der Waals surface area contributed by atoms with Crippen LogP contribution in [0.4, 0.5) is 0 Å². The number of morpholine rings is 1. The molecule has 1 rings (SSSR count). The van der Waals surface area contributed by atoms with Crippen molar-refractivity contribution in [1.29, 1.82) is 0 Å². The summed E-state index contributed by atoms with van der Waals surface area (Å²) in [7, 11) is 0. The molecule has 1 saturated heterocycles. The number of thioether (sulfide) groups is 1. The van der Waals surface area contributed by atoms with Crippen molar-refractivity contribution in [2.45, 2.75) is 31.9 Å². The zero-order valence-electron chi connectivity index (χ0n) is 14.1. The molecule has 0 aromatic carbocycles. The number of nitrogens with one attached hydrogen (secondary N) is 2. The summed E-state index contributed by atoms with van der Waals surface area (Å²) < 4.78 is 5.55. The average molecular weight is 317 g/mol. The van der Waals surface area contributed by atoms with Crippen LogP contribution in [0.3, 0.4) is 0 Å². The van der Waals surface area contributed by atoms with Crippen LogP contribution in [0.1, 0.15) is 27.2 Å². The lowest BCUT2D eigenvalue weighted by Crippen LogP contribution is -2.41. The predicted molar refractivity (Wildman–Crippen MR) is 93.5 cm³/mol. The second-order valence-corrected chi connectivity index (χ2v) is 7.41. The van der Waals surface area contributed by atoms with E-state index in [9.17, 15) is 0 Å². The Bertz CT molecular complexity index is 304. The molecule has 1 aliphatic heterocycles. The quantitative estimate of drug-likeness (QED) is 0.403. The molecule has 0 aromatic heterocycles. The maximum Gasteiger partial charge on any atom is 0.191 e. The molecule has 1 fully saturated rings. The van der Waals surface area contributed by atoms with Crippen LogP contribution in [0, 0.1) is 0 Å². The smallest absolute Gasteiger partial charge is 0.191 e. The summed E-state index contributed by atoms with van der Waals surface area (Å²) in [4.78, 5) is 7.14. The van der Waals surface area contributed by atoms with Crippen molar-refractivity contribution >= 4 is 17.7 Å². The Morgan fingerprint density at radius 1 is 1.29 bits per heavy atom. The Morgan fingerprint density at radius 3 is 2.62 bits per heavy atom. The maximum absolute atomic E-state index is 5.36. The molecule has 1 heterocycles. The number of ether oxygens (including phenoxy) is 1. The minimum Gasteiger partial charge on any atom is -0.379 e. The van der Waals surface area contributed by atoms with E-state index >= 15 is 0 Å². The molecule has 0 radical (unpaired) electrons. The first kappa shape index (κ1) is 18.6. The van der Waals surface area contributed by atoms with Gasteiger partial charge in [0.05, 0.1) is 19.8 Å². The van der Waals surface area contributed by atoms with E-state index in [0.717, 1.165) is 64.9 Å². The minimum absolute atomic E-state index is 0.191. The number of nitrogens with zero attached hydrogens (tertiary/aromatic N) is 2. The highest BCUT2D eigenvalue weighted by atomic mass is 32.2. The van der Waals surface area contributed by atoms with E-state index < -0.39 is 0 Å². The van der Waals surface area contributed by atoms with Crippen LogP contribution in [-0.2, 0) is 4.74 Å². The highest BCUT2D eigenvalue weighted by Gasteiger charge is 2.15. The van der Waals surface area contributed by atoms with Crippen LogP contribution >= 0.6 is 11.8 Å². The molecule has 1 aliphatic rings. The molecule has 0 aliphatic carbocycles. The third-order valence-electron chi connectivity index (χ3n) is 3.56. The zero-order valence-corrected chi connectivity index (χ0v) is 14.9. The second kappa shape index (κ2) is 10.3. The van der Waals surface area contributed by atoms with E-state index in [2.05, 4.69) is 47.6 Å². The molecule has 0 aromatic rings. The average Bonchev–Trinajstić information content (AvgIpc) is 2.50. The van der Waals surface area contributed by atoms with Crippen LogP contribution in [0.25, 0.3) is 0 Å². The molecule has 21 heavy (non-hydrogen) atoms. The third kappa shape index (κ3) is 8.53. The molecule has 0 bridgehead atoms. The molecular weight excluding hydrogens is 284 g/mol. The van der Waals surface area contributed by atoms with Crippen LogP contribution in [0.15, 0.2) is 4.99 Å². The first-order valence-corrected chi connectivity index (χ1v) is 9.17. The van der Waals surface area contributed by atoms with Crippen LogP contribution < -0.4 is 10.6 Å². The fourth-order valence-corrected chi connectivity index (χ4v) is 2.20. The van der Waals surface area contributed by atoms with Gasteiger partial charge in [0.2, 0.25) is 0 Å². The minimum atomic E-state index is 0.191. The first-order chi connectivity index (χ1) is 10.1. The van der Waals surface area contributed by atoms with Crippen molar-refractivity contribution in [3.05, 3.63) is 0 Å². The van der Waals surface area contributed by atoms with Gasteiger partial charge in [0.1, 0.15) is 0 Å². The van der Waals surface area contributed by atoms with Crippen molar-refractivity contribution in [2.24, 2.45) is 4.99 Å². The molecule has 0 amide bonds. The lowest BCUT2D eigenvalue weighted by Gasteiger charge is -2.26. The van der Waals surface area contributed by atoms with Gasteiger partial charge in [0, 0.05) is 30.9 Å². The summed E-state index contributed by atoms with van der Waals surface area (Å²) in [5.41, 5.74) is 0. The Kier molecular flexibility index (Phi) is 9.11. The summed E-state index contributed by atoms with van der Waals surface area (Å²) in [5, 5.41) is 6.74. The monoisotopic (exact) mass is 316 g/mol. The topological polar surface area (TPSA) is 48.9 Å². The summed E-state index contributed by atoms with van der Waals surface area (Å²) in [6.45, 7) is 14.3. The Labute approximate surface area is 134 Å². The van der Waals surface area contributed by atoms with Gasteiger partial charge in [-0.1, -0.05) is 0 Å². The highest BCUT2D eigenvalue weighted by Crippen LogP contribution is 2.20. The van der Waals surface area contributed by atoms with E-state index in [1.54, 1.807) is 0 Å². The van der Waals surface area contributed by atoms with Gasteiger partial charge in [-0.05, 0) is 40.0 Å². The highest BCUT2D eigenvalue weighted by molar-refractivity contribution is 7.99. The molecule has 0 atom stereocenters. The van der Waals surface area contributed by atoms with Gasteiger partial charge in [-0.25, -0.2) is 0 Å². The predicted octanol–water partition coefficient (Wildman–Crippen LogP) is 1.41. The number of hydrogen-bond acceptors (Lipinski definition) is 4. The molecule has 0 spiro atoms. The second-order valence-electron chi connectivity index (χ2n) is 5.89. The summed E-state index contributed by atoms with van der Waals surface area (Å²) in [6, 6.07) is 0. The van der Waals surface area contributed by atoms with Crippen molar-refractivity contribution in [1.82, 2.24) is 15.5 Å². The largest absolute Gasteiger partial charge is 0.379 e. The van der Waals surface area contributed by atoms with Gasteiger partial charge >= 0.3 is 0 Å². The standard InChI is InChI=1S/C15H32N4OS/c1-5-16-14(18-13-15(2,3)21-4)17-7-6-8-19-9-11-20-12-10-19/h5-13H2,1-4H3,(H2,16,17,18). The van der Waals surface area contributed by atoms with Crippen LogP contribution in [0.2, 0.25) is 0 Å². The van der Waals surface area contributed by atoms with Crippen molar-refractivity contribution < 1.29 is 4.74 Å². The number of rotatable bonds is 8. The van der Waals surface area contributed by atoms with Gasteiger partial charge in [0.25, 0.3) is 0 Å². The van der Waals surface area contributed by atoms with Gasteiger partial charge in [0.15, 0.2) is 5.96 Å². The van der Waals surface area contributed by atoms with Crippen molar-refractivity contribution in [3.8, 4) is 0 Å². The van der Waals surface area contributed by atoms with Crippen LogP contribution in [-0.4, -0.2) is 74.3 Å². The SMILES string of the molecule is CCNC(=NCC(C)(C)SC)NCCCN1CCOCC1. The van der Waals surface area contributed by atoms with E-state index in [1.165, 1.54) is 0 Å². The van der Waals surface area contributed by atoms with Crippen molar-refractivity contribution in [2.75, 3.05) is 58.7 Å². The zero-order chi connectivity index (χ0) is 15.6. The first-order valence-electron chi connectivity index (χ1n) is 7.95. The Hall–Kier alpha value is -0.460. The molecule has 124 valence electrons. The van der Waals surface area contributed by atoms with E-state index in [0.29, 0.717) is 0 Å². The lowest BCUT2D eigenvalue weighted by molar-refractivity contribution is 0.0376. The maximum atomic E-state index is 5.36. The molecular formula is C15H32N4OS. The van der Waals surface area contributed by atoms with E-state index in [-0.39, 0.29) is 4.75 Å². The molecule has 2 N–H and O–H groups in total. The number of hydrogen-bond donors (Lipinski definition) is 2. The van der Waals surface area contributed by atoms with Crippen molar-refractivity contribution in [3.63, 3.8) is 0 Å². The Balaban J connectivity index is 2.25. The van der Waals surface area contributed by atoms with E-state index in [4.69, 9.17) is 4.74 Å². The van der Waals surface area contributed by atoms with E-state index in [1.807, 2.05) is 11.8 Å². The molecule has 0 saturated carbocycles. The summed E-state index contributed by atoms with van der Waals surface area (Å²) in [5.74, 6) is 0.932. The van der Waals surface area contributed by atoms with Gasteiger partial charge in [-0.2, -0.15) is 11.8 Å². The summed E-state index contributed by atoms with van der Waals surface area (Å²) >= 11 is 1.85.